The van der Waals surface area contributed by atoms with Crippen molar-refractivity contribution in [3.63, 3.8) is 0 Å². The zero-order valence-corrected chi connectivity index (χ0v) is 18.4. The van der Waals surface area contributed by atoms with Crippen LogP contribution in [0.15, 0.2) is 54.6 Å². The fourth-order valence-electron chi connectivity index (χ4n) is 3.76. The molecule has 2 amide bonds. The average molecular weight is 416 g/mol. The highest BCUT2D eigenvalue weighted by Crippen LogP contribution is 2.21. The monoisotopic (exact) mass is 415 g/mol. The molecule has 31 heavy (non-hydrogen) atoms. The van der Waals surface area contributed by atoms with Crippen molar-refractivity contribution in [2.45, 2.75) is 27.2 Å². The summed E-state index contributed by atoms with van der Waals surface area (Å²) in [6, 6.07) is 18.5. The number of urea groups is 1. The first-order valence-electron chi connectivity index (χ1n) is 10.8. The summed E-state index contributed by atoms with van der Waals surface area (Å²) < 4.78 is 0. The van der Waals surface area contributed by atoms with Crippen LogP contribution in [0.3, 0.4) is 0 Å². The number of carbonyl (C=O) groups excluding carboxylic acids is 1. The maximum atomic E-state index is 12.7. The van der Waals surface area contributed by atoms with Crippen molar-refractivity contribution in [2.75, 3.05) is 36.4 Å². The molecule has 0 atom stereocenters. The summed E-state index contributed by atoms with van der Waals surface area (Å²) >= 11 is 0. The lowest BCUT2D eigenvalue weighted by atomic mass is 10.1. The summed E-state index contributed by atoms with van der Waals surface area (Å²) in [4.78, 5) is 16.7. The van der Waals surface area contributed by atoms with Gasteiger partial charge in [-0.15, -0.1) is 10.2 Å². The van der Waals surface area contributed by atoms with Crippen LogP contribution in [0.25, 0.3) is 11.3 Å². The molecule has 1 aliphatic rings. The quantitative estimate of drug-likeness (QED) is 0.672. The Labute approximate surface area is 183 Å². The number of aromatic nitrogens is 2. The summed E-state index contributed by atoms with van der Waals surface area (Å²) in [5, 5.41) is 11.9. The number of rotatable bonds is 4. The van der Waals surface area contributed by atoms with Crippen LogP contribution in [0.5, 0.6) is 0 Å². The topological polar surface area (TPSA) is 61.4 Å². The maximum absolute atomic E-state index is 12.7. The van der Waals surface area contributed by atoms with E-state index in [2.05, 4.69) is 57.7 Å². The number of aryl methyl sites for hydroxylation is 3. The number of nitrogens with one attached hydrogen (secondary N) is 1. The lowest BCUT2D eigenvalue weighted by molar-refractivity contribution is 0.208. The molecular formula is C25H29N5O. The van der Waals surface area contributed by atoms with Crippen LogP contribution in [-0.4, -0.2) is 47.3 Å². The molecule has 1 saturated heterocycles. The molecule has 0 unspecified atom stereocenters. The third-order valence-corrected chi connectivity index (χ3v) is 5.83. The number of anilines is 2. The third-order valence-electron chi connectivity index (χ3n) is 5.83. The van der Waals surface area contributed by atoms with E-state index in [1.54, 1.807) is 0 Å². The Morgan fingerprint density at radius 2 is 1.68 bits per heavy atom. The summed E-state index contributed by atoms with van der Waals surface area (Å²) in [5.74, 6) is 0.850. The lowest BCUT2D eigenvalue weighted by Crippen LogP contribution is -2.50. The van der Waals surface area contributed by atoms with Crippen LogP contribution in [0.2, 0.25) is 0 Å². The van der Waals surface area contributed by atoms with Crippen molar-refractivity contribution >= 4 is 17.5 Å². The second kappa shape index (κ2) is 9.16. The van der Waals surface area contributed by atoms with Gasteiger partial charge in [-0.25, -0.2) is 4.79 Å². The highest BCUT2D eigenvalue weighted by Gasteiger charge is 2.22. The molecule has 0 bridgehead atoms. The minimum atomic E-state index is -0.0506. The summed E-state index contributed by atoms with van der Waals surface area (Å²) in [5.41, 5.74) is 6.34. The molecule has 1 N–H and O–H groups in total. The zero-order valence-electron chi connectivity index (χ0n) is 18.4. The van der Waals surface area contributed by atoms with E-state index in [0.717, 1.165) is 53.4 Å². The second-order valence-electron chi connectivity index (χ2n) is 8.05. The molecule has 1 fully saturated rings. The van der Waals surface area contributed by atoms with Crippen molar-refractivity contribution in [1.82, 2.24) is 15.1 Å². The Balaban J connectivity index is 1.35. The van der Waals surface area contributed by atoms with Gasteiger partial charge in [0, 0.05) is 37.4 Å². The largest absolute Gasteiger partial charge is 0.352 e. The van der Waals surface area contributed by atoms with E-state index in [9.17, 15) is 4.79 Å². The Morgan fingerprint density at radius 3 is 2.32 bits per heavy atom. The number of benzene rings is 2. The predicted molar refractivity (Wildman–Crippen MR) is 126 cm³/mol. The van der Waals surface area contributed by atoms with Gasteiger partial charge in [0.1, 0.15) is 0 Å². The van der Waals surface area contributed by atoms with Gasteiger partial charge in [-0.2, -0.15) is 0 Å². The summed E-state index contributed by atoms with van der Waals surface area (Å²) in [6.07, 6.45) is 1.03. The lowest BCUT2D eigenvalue weighted by Gasteiger charge is -2.35. The summed E-state index contributed by atoms with van der Waals surface area (Å²) in [7, 11) is 0. The number of hydrogen-bond donors (Lipinski definition) is 1. The minimum Gasteiger partial charge on any atom is -0.352 e. The molecule has 0 radical (unpaired) electrons. The fourth-order valence-corrected chi connectivity index (χ4v) is 3.76. The molecule has 0 spiro atoms. The van der Waals surface area contributed by atoms with Crippen LogP contribution in [-0.2, 0) is 6.42 Å². The third kappa shape index (κ3) is 4.85. The molecule has 0 saturated carbocycles. The Morgan fingerprint density at radius 1 is 0.935 bits per heavy atom. The van der Waals surface area contributed by atoms with E-state index in [0.29, 0.717) is 13.1 Å². The van der Waals surface area contributed by atoms with Gasteiger partial charge < -0.3 is 15.1 Å². The first kappa shape index (κ1) is 20.8. The molecule has 4 rings (SSSR count). The van der Waals surface area contributed by atoms with Crippen LogP contribution in [0.1, 0.15) is 23.6 Å². The Kier molecular flexibility index (Phi) is 6.16. The van der Waals surface area contributed by atoms with Crippen molar-refractivity contribution in [3.05, 3.63) is 71.3 Å². The van der Waals surface area contributed by atoms with Crippen LogP contribution >= 0.6 is 0 Å². The molecule has 3 aromatic rings. The molecule has 160 valence electrons. The summed E-state index contributed by atoms with van der Waals surface area (Å²) in [6.45, 7) is 8.96. The number of amides is 2. The van der Waals surface area contributed by atoms with Gasteiger partial charge >= 0.3 is 6.03 Å². The smallest absolute Gasteiger partial charge is 0.321 e. The maximum Gasteiger partial charge on any atom is 0.321 e. The van der Waals surface area contributed by atoms with E-state index in [4.69, 9.17) is 0 Å². The molecule has 6 nitrogen and oxygen atoms in total. The van der Waals surface area contributed by atoms with Crippen molar-refractivity contribution in [2.24, 2.45) is 0 Å². The van der Waals surface area contributed by atoms with E-state index >= 15 is 0 Å². The van der Waals surface area contributed by atoms with Crippen LogP contribution in [0, 0.1) is 13.8 Å². The molecule has 2 aromatic carbocycles. The number of nitrogens with zero attached hydrogens (tertiary/aromatic N) is 4. The van der Waals surface area contributed by atoms with E-state index in [1.165, 1.54) is 5.56 Å². The molecule has 1 aliphatic heterocycles. The molecule has 6 heteroatoms. The molecule has 1 aromatic heterocycles. The standard InChI is InChI=1S/C25H29N5O/c1-4-20-7-9-21(10-8-20)22-11-12-24(28-27-22)29-13-15-30(16-14-29)25(31)26-23-17-18(2)5-6-19(23)3/h5-12,17H,4,13-16H2,1-3H3,(H,26,31). The molecular weight excluding hydrogens is 386 g/mol. The highest BCUT2D eigenvalue weighted by molar-refractivity contribution is 5.90. The highest BCUT2D eigenvalue weighted by atomic mass is 16.2. The number of carbonyl (C=O) groups is 1. The Bertz CT molecular complexity index is 1040. The molecule has 2 heterocycles. The molecule has 0 aliphatic carbocycles. The van der Waals surface area contributed by atoms with Gasteiger partial charge in [-0.3, -0.25) is 0 Å². The van der Waals surface area contributed by atoms with Crippen molar-refractivity contribution < 1.29 is 4.79 Å². The SMILES string of the molecule is CCc1ccc(-c2ccc(N3CCN(C(=O)Nc4cc(C)ccc4C)CC3)nn2)cc1. The average Bonchev–Trinajstić information content (AvgIpc) is 2.82. The van der Waals surface area contributed by atoms with Gasteiger partial charge in [0.25, 0.3) is 0 Å². The van der Waals surface area contributed by atoms with Gasteiger partial charge in [0.2, 0.25) is 0 Å². The van der Waals surface area contributed by atoms with Crippen LogP contribution in [0.4, 0.5) is 16.3 Å². The first-order valence-corrected chi connectivity index (χ1v) is 10.8. The Hall–Kier alpha value is -3.41. The predicted octanol–water partition coefficient (Wildman–Crippen LogP) is 4.68. The van der Waals surface area contributed by atoms with Gasteiger partial charge in [0.15, 0.2) is 5.82 Å². The number of piperazine rings is 1. The zero-order chi connectivity index (χ0) is 21.8. The van der Waals surface area contributed by atoms with Gasteiger partial charge in [0.05, 0.1) is 5.69 Å². The minimum absolute atomic E-state index is 0.0506. The van der Waals surface area contributed by atoms with Gasteiger partial charge in [-0.1, -0.05) is 43.3 Å². The fraction of sp³-hybridized carbons (Fsp3) is 0.320. The van der Waals surface area contributed by atoms with E-state index in [1.807, 2.05) is 43.0 Å². The van der Waals surface area contributed by atoms with E-state index in [-0.39, 0.29) is 6.03 Å². The number of hydrogen-bond acceptors (Lipinski definition) is 4. The van der Waals surface area contributed by atoms with E-state index < -0.39 is 0 Å². The van der Waals surface area contributed by atoms with Crippen molar-refractivity contribution in [3.8, 4) is 11.3 Å². The first-order chi connectivity index (χ1) is 15.0. The van der Waals surface area contributed by atoms with Gasteiger partial charge in [-0.05, 0) is 55.2 Å². The normalized spacial score (nSPS) is 13.9. The second-order valence-corrected chi connectivity index (χ2v) is 8.05. The van der Waals surface area contributed by atoms with Crippen molar-refractivity contribution in [1.29, 1.82) is 0 Å². The van der Waals surface area contributed by atoms with Crippen LogP contribution < -0.4 is 10.2 Å².